The van der Waals surface area contributed by atoms with Gasteiger partial charge in [0.05, 0.1) is 17.1 Å². The number of anilines is 1. The molecule has 1 saturated heterocycles. The molecule has 0 saturated carbocycles. The number of sulfone groups is 1. The Bertz CT molecular complexity index is 711. The number of benzene rings is 1. The zero-order valence-corrected chi connectivity index (χ0v) is 15.3. The fourth-order valence-corrected chi connectivity index (χ4v) is 4.46. The lowest BCUT2D eigenvalue weighted by atomic mass is 10.2. The molecule has 1 N–H and O–H groups in total. The molecular formula is C17H24N2O5S. The van der Waals surface area contributed by atoms with E-state index in [-0.39, 0.29) is 11.5 Å². The van der Waals surface area contributed by atoms with Gasteiger partial charge in [-0.3, -0.25) is 4.79 Å². The Labute approximate surface area is 148 Å². The van der Waals surface area contributed by atoms with Crippen molar-refractivity contribution >= 4 is 27.4 Å². The lowest BCUT2D eigenvalue weighted by Gasteiger charge is -2.20. The largest absolute Gasteiger partial charge is 0.452 e. The van der Waals surface area contributed by atoms with Gasteiger partial charge in [-0.15, -0.1) is 0 Å². The van der Waals surface area contributed by atoms with E-state index in [0.29, 0.717) is 12.0 Å². The van der Waals surface area contributed by atoms with Gasteiger partial charge in [0.15, 0.2) is 16.4 Å². The van der Waals surface area contributed by atoms with Crippen LogP contribution in [0, 0.1) is 0 Å². The third-order valence-corrected chi connectivity index (χ3v) is 5.93. The molecule has 0 radical (unpaired) electrons. The summed E-state index contributed by atoms with van der Waals surface area (Å²) in [6, 6.07) is 6.61. The summed E-state index contributed by atoms with van der Waals surface area (Å²) in [6.45, 7) is 5.43. The van der Waals surface area contributed by atoms with Crippen LogP contribution >= 0.6 is 0 Å². The molecule has 0 aliphatic carbocycles. The fourth-order valence-electron chi connectivity index (χ4n) is 2.79. The first-order valence-electron chi connectivity index (χ1n) is 8.36. The van der Waals surface area contributed by atoms with Gasteiger partial charge in [-0.05, 0) is 44.5 Å². The third kappa shape index (κ3) is 5.45. The van der Waals surface area contributed by atoms with E-state index in [0.717, 1.165) is 18.8 Å². The lowest BCUT2D eigenvalue weighted by Crippen LogP contribution is -2.38. The van der Waals surface area contributed by atoms with Crippen LogP contribution in [0.5, 0.6) is 0 Å². The van der Waals surface area contributed by atoms with Crippen LogP contribution in [0.1, 0.15) is 30.6 Å². The first kappa shape index (κ1) is 19.2. The third-order valence-electron chi connectivity index (χ3n) is 4.16. The Morgan fingerprint density at radius 3 is 2.36 bits per heavy atom. The topological polar surface area (TPSA) is 92.8 Å². The van der Waals surface area contributed by atoms with Crippen LogP contribution in [0.3, 0.4) is 0 Å². The van der Waals surface area contributed by atoms with E-state index in [1.54, 1.807) is 12.1 Å². The van der Waals surface area contributed by atoms with Crippen LogP contribution in [-0.2, 0) is 19.4 Å². The summed E-state index contributed by atoms with van der Waals surface area (Å²) in [4.78, 5) is 25.9. The number of carbonyl (C=O) groups excluding carboxylic acids is 2. The molecule has 2 rings (SSSR count). The molecule has 1 amide bonds. The van der Waals surface area contributed by atoms with E-state index in [4.69, 9.17) is 4.74 Å². The van der Waals surface area contributed by atoms with Crippen molar-refractivity contribution in [2.75, 3.05) is 36.1 Å². The van der Waals surface area contributed by atoms with Crippen molar-refractivity contribution in [2.45, 2.75) is 26.3 Å². The molecule has 1 aromatic rings. The Morgan fingerprint density at radius 1 is 1.20 bits per heavy atom. The molecule has 0 spiro atoms. The Kier molecular flexibility index (Phi) is 6.41. The quantitative estimate of drug-likeness (QED) is 0.722. The van der Waals surface area contributed by atoms with E-state index in [9.17, 15) is 18.0 Å². The predicted octanol–water partition coefficient (Wildman–Crippen LogP) is 0.993. The maximum atomic E-state index is 12.0. The molecule has 0 unspecified atom stereocenters. The highest BCUT2D eigenvalue weighted by Crippen LogP contribution is 2.15. The SMILES string of the molecule is CCN(CC)c1ccc(C(=O)OCC(=O)N[C@H]2CCS(=O)(=O)C2)cc1. The summed E-state index contributed by atoms with van der Waals surface area (Å²) in [5, 5.41) is 2.58. The number of carbonyl (C=O) groups is 2. The van der Waals surface area contributed by atoms with Gasteiger partial charge < -0.3 is 15.0 Å². The number of esters is 1. The summed E-state index contributed by atoms with van der Waals surface area (Å²) >= 11 is 0. The van der Waals surface area contributed by atoms with Gasteiger partial charge in [-0.25, -0.2) is 13.2 Å². The average molecular weight is 368 g/mol. The molecule has 7 nitrogen and oxygen atoms in total. The summed E-state index contributed by atoms with van der Waals surface area (Å²) in [6.07, 6.45) is 0.398. The molecule has 138 valence electrons. The standard InChI is InChI=1S/C17H24N2O5S/c1-3-19(4-2)15-7-5-13(6-8-15)17(21)24-11-16(20)18-14-9-10-25(22,23)12-14/h5-8,14H,3-4,9-12H2,1-2H3,(H,18,20)/t14-/m0/s1. The van der Waals surface area contributed by atoms with E-state index in [2.05, 4.69) is 24.1 Å². The molecule has 0 aromatic heterocycles. The Hall–Kier alpha value is -2.09. The number of nitrogens with zero attached hydrogens (tertiary/aromatic N) is 1. The molecular weight excluding hydrogens is 344 g/mol. The number of hydrogen-bond donors (Lipinski definition) is 1. The van der Waals surface area contributed by atoms with Crippen LogP contribution in [0.25, 0.3) is 0 Å². The first-order valence-corrected chi connectivity index (χ1v) is 10.2. The molecule has 1 aliphatic heterocycles. The van der Waals surface area contributed by atoms with Crippen molar-refractivity contribution in [3.05, 3.63) is 29.8 Å². The van der Waals surface area contributed by atoms with E-state index >= 15 is 0 Å². The second-order valence-corrected chi connectivity index (χ2v) is 8.19. The number of ether oxygens (including phenoxy) is 1. The number of amides is 1. The van der Waals surface area contributed by atoms with Crippen molar-refractivity contribution in [1.29, 1.82) is 0 Å². The van der Waals surface area contributed by atoms with Crippen molar-refractivity contribution in [2.24, 2.45) is 0 Å². The fraction of sp³-hybridized carbons (Fsp3) is 0.529. The minimum Gasteiger partial charge on any atom is -0.452 e. The van der Waals surface area contributed by atoms with Crippen molar-refractivity contribution in [3.8, 4) is 0 Å². The van der Waals surface area contributed by atoms with Gasteiger partial charge in [-0.1, -0.05) is 0 Å². The van der Waals surface area contributed by atoms with Crippen LogP contribution < -0.4 is 10.2 Å². The maximum absolute atomic E-state index is 12.0. The highest BCUT2D eigenvalue weighted by molar-refractivity contribution is 7.91. The van der Waals surface area contributed by atoms with Gasteiger partial charge in [0.25, 0.3) is 5.91 Å². The second-order valence-electron chi connectivity index (χ2n) is 5.96. The molecule has 1 aromatic carbocycles. The minimum absolute atomic E-state index is 0.0560. The van der Waals surface area contributed by atoms with E-state index in [1.165, 1.54) is 0 Å². The molecule has 8 heteroatoms. The highest BCUT2D eigenvalue weighted by Gasteiger charge is 2.29. The minimum atomic E-state index is -3.06. The van der Waals surface area contributed by atoms with Crippen molar-refractivity contribution in [3.63, 3.8) is 0 Å². The van der Waals surface area contributed by atoms with Gasteiger partial charge in [0, 0.05) is 24.8 Å². The zero-order chi connectivity index (χ0) is 18.4. The van der Waals surface area contributed by atoms with Gasteiger partial charge in [-0.2, -0.15) is 0 Å². The van der Waals surface area contributed by atoms with Crippen LogP contribution in [0.4, 0.5) is 5.69 Å². The van der Waals surface area contributed by atoms with Crippen molar-refractivity contribution < 1.29 is 22.7 Å². The monoisotopic (exact) mass is 368 g/mol. The molecule has 1 fully saturated rings. The van der Waals surface area contributed by atoms with Gasteiger partial charge >= 0.3 is 5.97 Å². The Morgan fingerprint density at radius 2 is 1.84 bits per heavy atom. The molecule has 1 atom stereocenters. The number of rotatable bonds is 7. The lowest BCUT2D eigenvalue weighted by molar-refractivity contribution is -0.124. The molecule has 1 heterocycles. The molecule has 0 bridgehead atoms. The average Bonchev–Trinajstić information content (AvgIpc) is 2.93. The van der Waals surface area contributed by atoms with E-state index in [1.807, 2.05) is 12.1 Å². The van der Waals surface area contributed by atoms with Gasteiger partial charge in [0.1, 0.15) is 0 Å². The summed E-state index contributed by atoms with van der Waals surface area (Å²) in [5.74, 6) is -1.05. The molecule has 1 aliphatic rings. The predicted molar refractivity (Wildman–Crippen MR) is 95.5 cm³/mol. The molecule has 25 heavy (non-hydrogen) atoms. The summed E-state index contributed by atoms with van der Waals surface area (Å²) < 4.78 is 27.7. The first-order chi connectivity index (χ1) is 11.8. The highest BCUT2D eigenvalue weighted by atomic mass is 32.2. The smallest absolute Gasteiger partial charge is 0.338 e. The van der Waals surface area contributed by atoms with Crippen molar-refractivity contribution in [1.82, 2.24) is 5.32 Å². The number of nitrogens with one attached hydrogen (secondary N) is 1. The van der Waals surface area contributed by atoms with E-state index < -0.39 is 34.4 Å². The maximum Gasteiger partial charge on any atom is 0.338 e. The van der Waals surface area contributed by atoms with Gasteiger partial charge in [0.2, 0.25) is 0 Å². The van der Waals surface area contributed by atoms with Crippen LogP contribution in [0.15, 0.2) is 24.3 Å². The van der Waals surface area contributed by atoms with Crippen LogP contribution in [-0.4, -0.2) is 57.5 Å². The van der Waals surface area contributed by atoms with Crippen LogP contribution in [0.2, 0.25) is 0 Å². The second kappa shape index (κ2) is 8.33. The summed E-state index contributed by atoms with van der Waals surface area (Å²) in [7, 11) is -3.06. The normalized spacial score (nSPS) is 18.6. The summed E-state index contributed by atoms with van der Waals surface area (Å²) in [5.41, 5.74) is 1.38. The Balaban J connectivity index is 1.82. The number of hydrogen-bond acceptors (Lipinski definition) is 6. The zero-order valence-electron chi connectivity index (χ0n) is 14.5.